The number of aryl methyl sites for hydroxylation is 1. The van der Waals surface area contributed by atoms with Gasteiger partial charge in [-0.15, -0.1) is 0 Å². The zero-order valence-electron chi connectivity index (χ0n) is 19.0. The van der Waals surface area contributed by atoms with E-state index in [1.165, 1.54) is 59.9 Å². The summed E-state index contributed by atoms with van der Waals surface area (Å²) in [6.45, 7) is 9.53. The van der Waals surface area contributed by atoms with Gasteiger partial charge in [-0.25, -0.2) is 0 Å². The minimum Gasteiger partial charge on any atom is -0.378 e. The van der Waals surface area contributed by atoms with E-state index in [1.54, 1.807) is 5.57 Å². The first-order chi connectivity index (χ1) is 15.0. The highest BCUT2D eigenvalue weighted by Gasteiger charge is 2.46. The highest BCUT2D eigenvalue weighted by Crippen LogP contribution is 2.60. The second kappa shape index (κ2) is 8.15. The molecule has 2 nitrogen and oxygen atoms in total. The van der Waals surface area contributed by atoms with Crippen LogP contribution in [0.5, 0.6) is 0 Å². The number of hydrogen-bond donors (Lipinski definition) is 1. The van der Waals surface area contributed by atoms with E-state index in [9.17, 15) is 0 Å². The van der Waals surface area contributed by atoms with E-state index in [0.29, 0.717) is 5.41 Å². The maximum Gasteiger partial charge on any atom is 0.0574 e. The molecule has 3 aliphatic rings. The first-order valence-corrected chi connectivity index (χ1v) is 11.9. The Morgan fingerprint density at radius 1 is 0.968 bits per heavy atom. The van der Waals surface area contributed by atoms with Gasteiger partial charge in [0.25, 0.3) is 0 Å². The van der Waals surface area contributed by atoms with Crippen molar-refractivity contribution >= 4 is 11.3 Å². The van der Waals surface area contributed by atoms with Crippen LogP contribution in [0.2, 0.25) is 0 Å². The molecule has 2 heteroatoms. The average molecular weight is 411 g/mol. The number of rotatable bonds is 6. The fourth-order valence-corrected chi connectivity index (χ4v) is 5.51. The Hall–Kier alpha value is -2.61. The van der Waals surface area contributed by atoms with Crippen molar-refractivity contribution in [3.63, 3.8) is 0 Å². The first-order valence-electron chi connectivity index (χ1n) is 11.9. The molecule has 5 rings (SSSR count). The Balaban J connectivity index is 1.38. The van der Waals surface area contributed by atoms with Crippen molar-refractivity contribution in [3.8, 4) is 0 Å². The molecule has 2 aromatic carbocycles. The molecule has 2 saturated carbocycles. The fourth-order valence-electron chi connectivity index (χ4n) is 5.51. The Labute approximate surface area is 187 Å². The largest absolute Gasteiger partial charge is 0.378 e. The third kappa shape index (κ3) is 4.01. The number of nitrogens with one attached hydrogen (secondary N) is 1. The van der Waals surface area contributed by atoms with Crippen LogP contribution >= 0.6 is 0 Å². The summed E-state index contributed by atoms with van der Waals surface area (Å²) in [5.41, 5.74) is 11.2. The summed E-state index contributed by atoms with van der Waals surface area (Å²) in [6, 6.07) is 18.5. The van der Waals surface area contributed by atoms with E-state index in [4.69, 9.17) is 0 Å². The smallest absolute Gasteiger partial charge is 0.0574 e. The van der Waals surface area contributed by atoms with Gasteiger partial charge in [0.1, 0.15) is 0 Å². The number of hydrogen-bond acceptors (Lipinski definition) is 2. The normalized spacial score (nSPS) is 19.9. The summed E-state index contributed by atoms with van der Waals surface area (Å²) in [5.74, 6) is 0. The summed E-state index contributed by atoms with van der Waals surface area (Å²) in [7, 11) is 0. The standard InChI is InChI=1S/C29H34N2/c1-20-7-9-24(10-8-20)28(26-18-29(19-26)15-5-16-29)25-13-11-23(12-14-25)21(2)31-22(3)27-6-4-17-30-27/h7-14,21,31H,3-6,15-19H2,1-2H3. The molecule has 1 atom stereocenters. The van der Waals surface area contributed by atoms with E-state index >= 15 is 0 Å². The van der Waals surface area contributed by atoms with Crippen LogP contribution < -0.4 is 5.32 Å². The van der Waals surface area contributed by atoms with Gasteiger partial charge in [0.15, 0.2) is 0 Å². The summed E-state index contributed by atoms with van der Waals surface area (Å²) < 4.78 is 0. The van der Waals surface area contributed by atoms with Gasteiger partial charge >= 0.3 is 0 Å². The van der Waals surface area contributed by atoms with Gasteiger partial charge in [0.05, 0.1) is 5.71 Å². The number of allylic oxidation sites excluding steroid dienone is 2. The average Bonchev–Trinajstić information content (AvgIpc) is 3.25. The van der Waals surface area contributed by atoms with Crippen LogP contribution in [0.25, 0.3) is 5.57 Å². The van der Waals surface area contributed by atoms with E-state index in [-0.39, 0.29) is 6.04 Å². The van der Waals surface area contributed by atoms with Crippen molar-refractivity contribution in [2.24, 2.45) is 10.4 Å². The monoisotopic (exact) mass is 410 g/mol. The molecule has 0 bridgehead atoms. The van der Waals surface area contributed by atoms with Gasteiger partial charge in [-0.2, -0.15) is 0 Å². The number of nitrogens with zero attached hydrogens (tertiary/aromatic N) is 1. The van der Waals surface area contributed by atoms with E-state index < -0.39 is 0 Å². The van der Waals surface area contributed by atoms with Gasteiger partial charge < -0.3 is 5.32 Å². The zero-order valence-corrected chi connectivity index (χ0v) is 19.0. The summed E-state index contributed by atoms with van der Waals surface area (Å²) in [6.07, 6.45) is 9.05. The predicted octanol–water partition coefficient (Wildman–Crippen LogP) is 7.16. The van der Waals surface area contributed by atoms with Crippen LogP contribution in [0.1, 0.15) is 80.2 Å². The molecule has 1 spiro atoms. The molecule has 31 heavy (non-hydrogen) atoms. The quantitative estimate of drug-likeness (QED) is 0.537. The summed E-state index contributed by atoms with van der Waals surface area (Å²) in [4.78, 5) is 4.57. The first kappa shape index (κ1) is 20.3. The lowest BCUT2D eigenvalue weighted by molar-refractivity contribution is 0.0814. The Bertz CT molecular complexity index is 1020. The van der Waals surface area contributed by atoms with Crippen molar-refractivity contribution in [1.29, 1.82) is 0 Å². The van der Waals surface area contributed by atoms with E-state index in [0.717, 1.165) is 30.8 Å². The van der Waals surface area contributed by atoms with Gasteiger partial charge in [0.2, 0.25) is 0 Å². The summed E-state index contributed by atoms with van der Waals surface area (Å²) >= 11 is 0. The molecule has 1 aliphatic heterocycles. The molecule has 1 heterocycles. The molecular formula is C29H34N2. The zero-order chi connectivity index (χ0) is 21.4. The van der Waals surface area contributed by atoms with Crippen LogP contribution in [0.3, 0.4) is 0 Å². The van der Waals surface area contributed by atoms with Crippen molar-refractivity contribution in [1.82, 2.24) is 5.32 Å². The minimum absolute atomic E-state index is 0.224. The second-order valence-corrected chi connectivity index (χ2v) is 9.95. The highest BCUT2D eigenvalue weighted by molar-refractivity contribution is 6.00. The summed E-state index contributed by atoms with van der Waals surface area (Å²) in [5, 5.41) is 3.56. The molecule has 0 radical (unpaired) electrons. The number of benzene rings is 2. The number of aliphatic imine (C=N–C) groups is 1. The van der Waals surface area contributed by atoms with Crippen LogP contribution in [0, 0.1) is 12.3 Å². The van der Waals surface area contributed by atoms with E-state index in [1.807, 2.05) is 0 Å². The molecule has 2 fully saturated rings. The molecule has 160 valence electrons. The van der Waals surface area contributed by atoms with Gasteiger partial charge in [-0.1, -0.05) is 72.7 Å². The van der Waals surface area contributed by atoms with Gasteiger partial charge in [-0.3, -0.25) is 4.99 Å². The van der Waals surface area contributed by atoms with Crippen LogP contribution in [0.4, 0.5) is 0 Å². The Morgan fingerprint density at radius 3 is 2.16 bits per heavy atom. The maximum atomic E-state index is 4.57. The fraction of sp³-hybridized carbons (Fsp3) is 0.414. The molecule has 1 unspecified atom stereocenters. The maximum absolute atomic E-state index is 4.57. The van der Waals surface area contributed by atoms with Gasteiger partial charge in [-0.05, 0) is 80.1 Å². The van der Waals surface area contributed by atoms with Crippen molar-refractivity contribution in [2.75, 3.05) is 6.54 Å². The third-order valence-electron chi connectivity index (χ3n) is 7.60. The van der Waals surface area contributed by atoms with Crippen LogP contribution in [-0.4, -0.2) is 12.3 Å². The minimum atomic E-state index is 0.224. The van der Waals surface area contributed by atoms with Crippen molar-refractivity contribution in [3.05, 3.63) is 88.6 Å². The lowest BCUT2D eigenvalue weighted by Crippen LogP contribution is -2.38. The third-order valence-corrected chi connectivity index (χ3v) is 7.60. The predicted molar refractivity (Wildman–Crippen MR) is 131 cm³/mol. The van der Waals surface area contributed by atoms with Crippen LogP contribution in [-0.2, 0) is 0 Å². The molecule has 0 amide bonds. The van der Waals surface area contributed by atoms with E-state index in [2.05, 4.69) is 79.3 Å². The SMILES string of the molecule is C=C(NC(C)c1ccc(C(=C2CC3(CCC3)C2)c2ccc(C)cc2)cc1)C1=NCCC1. The molecule has 2 aromatic rings. The van der Waals surface area contributed by atoms with Crippen molar-refractivity contribution < 1.29 is 0 Å². The molecule has 2 aliphatic carbocycles. The molecule has 0 saturated heterocycles. The highest BCUT2D eigenvalue weighted by atomic mass is 14.9. The lowest BCUT2D eigenvalue weighted by atomic mass is 9.53. The lowest BCUT2D eigenvalue weighted by Gasteiger charge is -2.52. The Kier molecular flexibility index (Phi) is 5.33. The Morgan fingerprint density at radius 2 is 1.61 bits per heavy atom. The molecule has 1 N–H and O–H groups in total. The topological polar surface area (TPSA) is 24.4 Å². The molecular weight excluding hydrogens is 376 g/mol. The van der Waals surface area contributed by atoms with Crippen LogP contribution in [0.15, 0.2) is 71.4 Å². The second-order valence-electron chi connectivity index (χ2n) is 9.95. The molecule has 0 aromatic heterocycles. The van der Waals surface area contributed by atoms with Gasteiger partial charge in [0, 0.05) is 18.3 Å². The van der Waals surface area contributed by atoms with Crippen molar-refractivity contribution in [2.45, 2.75) is 64.8 Å².